The molecule has 4 nitrogen and oxygen atoms in total. The van der Waals surface area contributed by atoms with Gasteiger partial charge in [-0.25, -0.2) is 0 Å². The Balaban J connectivity index is 1.91. The molecule has 1 heterocycles. The van der Waals surface area contributed by atoms with Crippen molar-refractivity contribution in [2.75, 3.05) is 23.4 Å². The van der Waals surface area contributed by atoms with Crippen LogP contribution >= 0.6 is 11.8 Å². The highest BCUT2D eigenvalue weighted by molar-refractivity contribution is 7.99. The Morgan fingerprint density at radius 1 is 1.48 bits per heavy atom. The van der Waals surface area contributed by atoms with Crippen molar-refractivity contribution >= 4 is 23.4 Å². The fourth-order valence-electron chi connectivity index (χ4n) is 2.22. The third-order valence-corrected chi connectivity index (χ3v) is 4.73. The van der Waals surface area contributed by atoms with Gasteiger partial charge >= 0.3 is 0 Å². The Labute approximate surface area is 130 Å². The lowest BCUT2D eigenvalue weighted by Gasteiger charge is -2.22. The molecule has 1 fully saturated rings. The van der Waals surface area contributed by atoms with Crippen LogP contribution in [0, 0.1) is 11.3 Å². The number of anilines is 1. The second kappa shape index (κ2) is 6.97. The second-order valence-electron chi connectivity index (χ2n) is 5.79. The predicted octanol–water partition coefficient (Wildman–Crippen LogP) is 2.52. The zero-order valence-corrected chi connectivity index (χ0v) is 13.3. The van der Waals surface area contributed by atoms with E-state index in [0.717, 1.165) is 29.3 Å². The van der Waals surface area contributed by atoms with Crippen molar-refractivity contribution in [3.63, 3.8) is 0 Å². The zero-order chi connectivity index (χ0) is 15.3. The lowest BCUT2D eigenvalue weighted by atomic mass is 9.86. The topological polar surface area (TPSA) is 64.9 Å². The Hall–Kier alpha value is -1.51. The summed E-state index contributed by atoms with van der Waals surface area (Å²) in [4.78, 5) is 12.0. The third kappa shape index (κ3) is 4.48. The molecule has 1 aromatic carbocycles. The van der Waals surface area contributed by atoms with Crippen LogP contribution in [0.2, 0.25) is 0 Å². The normalized spacial score (nSPS) is 18.8. The number of nitriles is 1. The van der Waals surface area contributed by atoms with Crippen molar-refractivity contribution in [2.45, 2.75) is 31.7 Å². The van der Waals surface area contributed by atoms with E-state index in [-0.39, 0.29) is 11.9 Å². The third-order valence-electron chi connectivity index (χ3n) is 3.60. The second-order valence-corrected chi connectivity index (χ2v) is 6.94. The number of benzene rings is 1. The zero-order valence-electron chi connectivity index (χ0n) is 12.5. The van der Waals surface area contributed by atoms with Gasteiger partial charge in [0, 0.05) is 36.2 Å². The Morgan fingerprint density at radius 2 is 2.19 bits per heavy atom. The Morgan fingerprint density at radius 3 is 2.76 bits per heavy atom. The van der Waals surface area contributed by atoms with Crippen LogP contribution < -0.4 is 10.6 Å². The van der Waals surface area contributed by atoms with E-state index in [9.17, 15) is 4.79 Å². The smallest absolute Gasteiger partial charge is 0.225 e. The number of nitrogens with zero attached hydrogens (tertiary/aromatic N) is 1. The molecule has 1 aliphatic rings. The molecule has 21 heavy (non-hydrogen) atoms. The largest absolute Gasteiger partial charge is 0.326 e. The van der Waals surface area contributed by atoms with Gasteiger partial charge in [0.2, 0.25) is 5.91 Å². The van der Waals surface area contributed by atoms with Gasteiger partial charge in [0.15, 0.2) is 0 Å². The number of carbonyl (C=O) groups excluding carboxylic acids is 1. The average molecular weight is 303 g/mol. The van der Waals surface area contributed by atoms with Crippen LogP contribution in [-0.2, 0) is 10.2 Å². The maximum Gasteiger partial charge on any atom is 0.225 e. The van der Waals surface area contributed by atoms with Crippen LogP contribution in [0.15, 0.2) is 24.3 Å². The molecule has 2 N–H and O–H groups in total. The minimum absolute atomic E-state index is 0.0299. The number of rotatable bonds is 4. The van der Waals surface area contributed by atoms with Crippen LogP contribution in [0.3, 0.4) is 0 Å². The molecule has 1 unspecified atom stereocenters. The van der Waals surface area contributed by atoms with Crippen LogP contribution in [0.25, 0.3) is 0 Å². The number of amides is 1. The standard InChI is InChI=1S/C16H21N3OS/c1-16(2,11-17)12-3-5-13(6-4-12)19-15(20)9-14-10-21-8-7-18-14/h3-6,14,18H,7-10H2,1-2H3,(H,19,20). The molecule has 112 valence electrons. The molecule has 1 atom stereocenters. The van der Waals surface area contributed by atoms with Crippen LogP contribution in [0.4, 0.5) is 5.69 Å². The molecule has 1 aliphatic heterocycles. The highest BCUT2D eigenvalue weighted by Crippen LogP contribution is 2.23. The quantitative estimate of drug-likeness (QED) is 0.897. The van der Waals surface area contributed by atoms with E-state index in [1.807, 2.05) is 49.9 Å². The number of thioether (sulfide) groups is 1. The lowest BCUT2D eigenvalue weighted by molar-refractivity contribution is -0.116. The van der Waals surface area contributed by atoms with Crippen molar-refractivity contribution < 1.29 is 4.79 Å². The van der Waals surface area contributed by atoms with Gasteiger partial charge in [-0.2, -0.15) is 17.0 Å². The number of nitrogens with one attached hydrogen (secondary N) is 2. The van der Waals surface area contributed by atoms with E-state index in [4.69, 9.17) is 5.26 Å². The van der Waals surface area contributed by atoms with Crippen molar-refractivity contribution in [1.82, 2.24) is 5.32 Å². The van der Waals surface area contributed by atoms with Crippen molar-refractivity contribution in [3.8, 4) is 6.07 Å². The summed E-state index contributed by atoms with van der Waals surface area (Å²) in [6, 6.07) is 10.0. The Kier molecular flexibility index (Phi) is 5.27. The molecule has 0 aromatic heterocycles. The summed E-state index contributed by atoms with van der Waals surface area (Å²) in [5, 5.41) is 15.4. The Bertz CT molecular complexity index is 527. The summed E-state index contributed by atoms with van der Waals surface area (Å²) in [5.41, 5.74) is 1.22. The molecule has 0 saturated carbocycles. The molecule has 0 radical (unpaired) electrons. The fraction of sp³-hybridized carbons (Fsp3) is 0.500. The highest BCUT2D eigenvalue weighted by atomic mass is 32.2. The maximum absolute atomic E-state index is 12.0. The van der Waals surface area contributed by atoms with Gasteiger partial charge in [-0.3, -0.25) is 4.79 Å². The molecule has 5 heteroatoms. The van der Waals surface area contributed by atoms with Crippen LogP contribution in [0.5, 0.6) is 0 Å². The highest BCUT2D eigenvalue weighted by Gasteiger charge is 2.20. The van der Waals surface area contributed by atoms with E-state index in [2.05, 4.69) is 16.7 Å². The number of hydrogen-bond acceptors (Lipinski definition) is 4. The number of hydrogen-bond donors (Lipinski definition) is 2. The monoisotopic (exact) mass is 303 g/mol. The predicted molar refractivity (Wildman–Crippen MR) is 87.4 cm³/mol. The van der Waals surface area contributed by atoms with E-state index >= 15 is 0 Å². The minimum Gasteiger partial charge on any atom is -0.326 e. The van der Waals surface area contributed by atoms with Gasteiger partial charge in [-0.1, -0.05) is 12.1 Å². The molecule has 0 spiro atoms. The first-order valence-corrected chi connectivity index (χ1v) is 8.29. The average Bonchev–Trinajstić information content (AvgIpc) is 2.48. The van der Waals surface area contributed by atoms with Crippen molar-refractivity contribution in [3.05, 3.63) is 29.8 Å². The molecular formula is C16H21N3OS. The van der Waals surface area contributed by atoms with E-state index in [1.54, 1.807) is 0 Å². The minimum atomic E-state index is -0.508. The number of carbonyl (C=O) groups is 1. The summed E-state index contributed by atoms with van der Waals surface area (Å²) in [7, 11) is 0. The summed E-state index contributed by atoms with van der Waals surface area (Å²) >= 11 is 1.89. The van der Waals surface area contributed by atoms with Gasteiger partial charge in [0.1, 0.15) is 0 Å². The van der Waals surface area contributed by atoms with E-state index in [1.165, 1.54) is 0 Å². The van der Waals surface area contributed by atoms with Crippen molar-refractivity contribution in [1.29, 1.82) is 5.26 Å². The maximum atomic E-state index is 12.0. The molecule has 0 aliphatic carbocycles. The molecule has 1 saturated heterocycles. The molecule has 1 aromatic rings. The van der Waals surface area contributed by atoms with Gasteiger partial charge in [0.05, 0.1) is 11.5 Å². The van der Waals surface area contributed by atoms with Crippen LogP contribution in [-0.4, -0.2) is 30.0 Å². The molecular weight excluding hydrogens is 282 g/mol. The fourth-order valence-corrected chi connectivity index (χ4v) is 3.17. The van der Waals surface area contributed by atoms with Gasteiger partial charge in [-0.05, 0) is 31.5 Å². The summed E-state index contributed by atoms with van der Waals surface area (Å²) in [6.07, 6.45) is 0.498. The molecule has 1 amide bonds. The van der Waals surface area contributed by atoms with E-state index in [0.29, 0.717) is 6.42 Å². The summed E-state index contributed by atoms with van der Waals surface area (Å²) in [6.45, 7) is 4.74. The first kappa shape index (κ1) is 15.9. The first-order valence-electron chi connectivity index (χ1n) is 7.14. The summed E-state index contributed by atoms with van der Waals surface area (Å²) in [5.74, 6) is 2.14. The SMILES string of the molecule is CC(C)(C#N)c1ccc(NC(=O)CC2CSCCN2)cc1. The van der Waals surface area contributed by atoms with Gasteiger partial charge < -0.3 is 10.6 Å². The van der Waals surface area contributed by atoms with E-state index < -0.39 is 5.41 Å². The lowest BCUT2D eigenvalue weighted by Crippen LogP contribution is -2.39. The van der Waals surface area contributed by atoms with Crippen molar-refractivity contribution in [2.24, 2.45) is 0 Å². The molecule has 2 rings (SSSR count). The van der Waals surface area contributed by atoms with Gasteiger partial charge in [0.25, 0.3) is 0 Å². The van der Waals surface area contributed by atoms with Gasteiger partial charge in [-0.15, -0.1) is 0 Å². The summed E-state index contributed by atoms with van der Waals surface area (Å²) < 4.78 is 0. The molecule has 0 bridgehead atoms. The first-order chi connectivity index (χ1) is 10.0. The van der Waals surface area contributed by atoms with Crippen LogP contribution in [0.1, 0.15) is 25.8 Å².